The standard InChI is InChI=1S/C20H30N6O2/c1-15(18(27)23-17-5-6-17)24-10-12-25(13-11-24)19(28)16-4-2-9-26(14-16)20-21-7-3-8-22-20/h3,7-8,15-17H,2,4-6,9-14H2,1H3,(H,23,27). The van der Waals surface area contributed by atoms with E-state index in [1.807, 2.05) is 17.9 Å². The molecule has 8 heteroatoms. The molecule has 28 heavy (non-hydrogen) atoms. The molecule has 2 saturated heterocycles. The Hall–Kier alpha value is -2.22. The number of hydrogen-bond acceptors (Lipinski definition) is 6. The van der Waals surface area contributed by atoms with Crippen molar-refractivity contribution >= 4 is 17.8 Å². The summed E-state index contributed by atoms with van der Waals surface area (Å²) in [4.78, 5) is 40.3. The van der Waals surface area contributed by atoms with Gasteiger partial charge in [0.25, 0.3) is 0 Å². The van der Waals surface area contributed by atoms with Crippen molar-refractivity contribution in [3.8, 4) is 0 Å². The Morgan fingerprint density at radius 2 is 1.79 bits per heavy atom. The fourth-order valence-electron chi connectivity index (χ4n) is 4.12. The minimum Gasteiger partial charge on any atom is -0.352 e. The Morgan fingerprint density at radius 3 is 2.46 bits per heavy atom. The second-order valence-corrected chi connectivity index (χ2v) is 8.15. The largest absolute Gasteiger partial charge is 0.352 e. The second kappa shape index (κ2) is 8.43. The Labute approximate surface area is 166 Å². The van der Waals surface area contributed by atoms with Crippen LogP contribution < -0.4 is 10.2 Å². The molecule has 3 heterocycles. The Kier molecular flexibility index (Phi) is 5.75. The van der Waals surface area contributed by atoms with E-state index in [2.05, 4.69) is 25.1 Å². The molecular weight excluding hydrogens is 356 g/mol. The second-order valence-electron chi connectivity index (χ2n) is 8.15. The average molecular weight is 387 g/mol. The van der Waals surface area contributed by atoms with E-state index in [0.29, 0.717) is 31.6 Å². The van der Waals surface area contributed by atoms with Crippen LogP contribution in [-0.4, -0.2) is 82.9 Å². The van der Waals surface area contributed by atoms with Crippen LogP contribution in [0.4, 0.5) is 5.95 Å². The first-order chi connectivity index (χ1) is 13.6. The number of aromatic nitrogens is 2. The maximum atomic E-state index is 13.1. The first-order valence-electron chi connectivity index (χ1n) is 10.5. The van der Waals surface area contributed by atoms with Crippen molar-refractivity contribution < 1.29 is 9.59 Å². The van der Waals surface area contributed by atoms with Gasteiger partial charge in [0.05, 0.1) is 12.0 Å². The molecule has 0 aromatic carbocycles. The number of hydrogen-bond donors (Lipinski definition) is 1. The van der Waals surface area contributed by atoms with Gasteiger partial charge >= 0.3 is 0 Å². The number of rotatable bonds is 5. The number of nitrogens with zero attached hydrogens (tertiary/aromatic N) is 5. The Morgan fingerprint density at radius 1 is 1.07 bits per heavy atom. The van der Waals surface area contributed by atoms with E-state index < -0.39 is 0 Å². The fourth-order valence-corrected chi connectivity index (χ4v) is 4.12. The molecule has 3 fully saturated rings. The average Bonchev–Trinajstić information content (AvgIpc) is 3.57. The summed E-state index contributed by atoms with van der Waals surface area (Å²) in [6.07, 6.45) is 7.59. The monoisotopic (exact) mass is 386 g/mol. The van der Waals surface area contributed by atoms with E-state index in [1.54, 1.807) is 12.4 Å². The quantitative estimate of drug-likeness (QED) is 0.794. The van der Waals surface area contributed by atoms with Crippen LogP contribution in [0.25, 0.3) is 0 Å². The summed E-state index contributed by atoms with van der Waals surface area (Å²) < 4.78 is 0. The van der Waals surface area contributed by atoms with Crippen LogP contribution in [-0.2, 0) is 9.59 Å². The fraction of sp³-hybridized carbons (Fsp3) is 0.700. The van der Waals surface area contributed by atoms with Gasteiger partial charge in [-0.25, -0.2) is 9.97 Å². The number of carbonyl (C=O) groups is 2. The number of nitrogens with one attached hydrogen (secondary N) is 1. The molecule has 0 radical (unpaired) electrons. The molecule has 4 rings (SSSR count). The maximum absolute atomic E-state index is 13.1. The highest BCUT2D eigenvalue weighted by atomic mass is 16.2. The van der Waals surface area contributed by atoms with Gasteiger partial charge in [-0.1, -0.05) is 0 Å². The highest BCUT2D eigenvalue weighted by molar-refractivity contribution is 5.82. The Balaban J connectivity index is 1.28. The van der Waals surface area contributed by atoms with Crippen molar-refractivity contribution in [3.63, 3.8) is 0 Å². The third-order valence-corrected chi connectivity index (χ3v) is 6.08. The van der Waals surface area contributed by atoms with Crippen LogP contribution in [0, 0.1) is 5.92 Å². The third-order valence-electron chi connectivity index (χ3n) is 6.08. The molecule has 2 unspecified atom stereocenters. The minimum atomic E-state index is -0.127. The van der Waals surface area contributed by atoms with Crippen molar-refractivity contribution in [3.05, 3.63) is 18.5 Å². The van der Waals surface area contributed by atoms with Gasteiger partial charge in [-0.3, -0.25) is 14.5 Å². The summed E-state index contributed by atoms with van der Waals surface area (Å²) in [6, 6.07) is 2.07. The lowest BCUT2D eigenvalue weighted by Gasteiger charge is -2.40. The molecule has 2 amide bonds. The molecule has 3 aliphatic rings. The van der Waals surface area contributed by atoms with Crippen LogP contribution in [0.2, 0.25) is 0 Å². The lowest BCUT2D eigenvalue weighted by molar-refractivity contribution is -0.138. The van der Waals surface area contributed by atoms with E-state index in [4.69, 9.17) is 0 Å². The van der Waals surface area contributed by atoms with Crippen LogP contribution in [0.5, 0.6) is 0 Å². The van der Waals surface area contributed by atoms with E-state index >= 15 is 0 Å². The first kappa shape index (κ1) is 19.1. The maximum Gasteiger partial charge on any atom is 0.237 e. The summed E-state index contributed by atoms with van der Waals surface area (Å²) in [5, 5.41) is 3.08. The Bertz CT molecular complexity index is 687. The van der Waals surface area contributed by atoms with Gasteiger partial charge in [0.1, 0.15) is 0 Å². The van der Waals surface area contributed by atoms with Crippen LogP contribution in [0.3, 0.4) is 0 Å². The molecular formula is C20H30N6O2. The van der Waals surface area contributed by atoms with Crippen molar-refractivity contribution in [2.75, 3.05) is 44.2 Å². The van der Waals surface area contributed by atoms with Crippen molar-refractivity contribution in [1.82, 2.24) is 25.1 Å². The molecule has 0 bridgehead atoms. The zero-order valence-corrected chi connectivity index (χ0v) is 16.6. The summed E-state index contributed by atoms with van der Waals surface area (Å²) in [5.74, 6) is 1.06. The van der Waals surface area contributed by atoms with E-state index in [0.717, 1.165) is 45.3 Å². The molecule has 2 atom stereocenters. The highest BCUT2D eigenvalue weighted by Crippen LogP contribution is 2.23. The molecule has 1 aromatic rings. The van der Waals surface area contributed by atoms with Gasteiger partial charge in [-0.05, 0) is 38.7 Å². The summed E-state index contributed by atoms with van der Waals surface area (Å²) in [7, 11) is 0. The number of piperazine rings is 1. The van der Waals surface area contributed by atoms with Crippen molar-refractivity contribution in [1.29, 1.82) is 0 Å². The van der Waals surface area contributed by atoms with Gasteiger partial charge in [-0.15, -0.1) is 0 Å². The van der Waals surface area contributed by atoms with Crippen LogP contribution >= 0.6 is 0 Å². The predicted molar refractivity (Wildman–Crippen MR) is 106 cm³/mol. The third kappa shape index (κ3) is 4.43. The molecule has 1 N–H and O–H groups in total. The number of carbonyl (C=O) groups excluding carboxylic acids is 2. The van der Waals surface area contributed by atoms with Gasteiger partial charge < -0.3 is 15.1 Å². The zero-order chi connectivity index (χ0) is 19.5. The van der Waals surface area contributed by atoms with Gasteiger partial charge in [0.2, 0.25) is 17.8 Å². The molecule has 1 aliphatic carbocycles. The van der Waals surface area contributed by atoms with Gasteiger partial charge in [0, 0.05) is 57.7 Å². The summed E-state index contributed by atoms with van der Waals surface area (Å²) in [5.41, 5.74) is 0. The topological polar surface area (TPSA) is 81.7 Å². The first-order valence-corrected chi connectivity index (χ1v) is 10.5. The smallest absolute Gasteiger partial charge is 0.237 e. The lowest BCUT2D eigenvalue weighted by Crippen LogP contribution is -2.56. The predicted octanol–water partition coefficient (Wildman–Crippen LogP) is 0.504. The number of anilines is 1. The van der Waals surface area contributed by atoms with Gasteiger partial charge in [0.15, 0.2) is 0 Å². The van der Waals surface area contributed by atoms with Crippen molar-refractivity contribution in [2.45, 2.75) is 44.7 Å². The molecule has 2 aliphatic heterocycles. The molecule has 8 nitrogen and oxygen atoms in total. The van der Waals surface area contributed by atoms with Gasteiger partial charge in [-0.2, -0.15) is 0 Å². The highest BCUT2D eigenvalue weighted by Gasteiger charge is 2.34. The van der Waals surface area contributed by atoms with E-state index in [9.17, 15) is 9.59 Å². The SMILES string of the molecule is CC(C(=O)NC1CC1)N1CCN(C(=O)C2CCCN(c3ncccn3)C2)CC1. The van der Waals surface area contributed by atoms with E-state index in [-0.39, 0.29) is 23.8 Å². The summed E-state index contributed by atoms with van der Waals surface area (Å²) >= 11 is 0. The normalized spacial score (nSPS) is 24.7. The van der Waals surface area contributed by atoms with Crippen LogP contribution in [0.15, 0.2) is 18.5 Å². The molecule has 1 aromatic heterocycles. The van der Waals surface area contributed by atoms with Crippen molar-refractivity contribution in [2.24, 2.45) is 5.92 Å². The molecule has 0 spiro atoms. The summed E-state index contributed by atoms with van der Waals surface area (Å²) in [6.45, 7) is 6.44. The van der Waals surface area contributed by atoms with E-state index in [1.165, 1.54) is 0 Å². The minimum absolute atomic E-state index is 0.000283. The zero-order valence-electron chi connectivity index (χ0n) is 16.6. The molecule has 1 saturated carbocycles. The lowest BCUT2D eigenvalue weighted by atomic mass is 9.96. The number of amides is 2. The number of piperidine rings is 1. The van der Waals surface area contributed by atoms with Crippen LogP contribution in [0.1, 0.15) is 32.6 Å². The molecule has 152 valence electrons.